The van der Waals surface area contributed by atoms with Gasteiger partial charge >= 0.3 is 0 Å². The molecule has 0 saturated carbocycles. The average molecular weight is 450 g/mol. The number of piperidine rings is 1. The van der Waals surface area contributed by atoms with E-state index < -0.39 is 0 Å². The van der Waals surface area contributed by atoms with Crippen molar-refractivity contribution in [2.45, 2.75) is 25.3 Å². The van der Waals surface area contributed by atoms with Crippen LogP contribution in [0.4, 0.5) is 17.3 Å². The quantitative estimate of drug-likeness (QED) is 0.443. The largest absolute Gasteiger partial charge is 0.367 e. The number of hydrogen-bond acceptors (Lipinski definition) is 6. The minimum absolute atomic E-state index is 0.129. The summed E-state index contributed by atoms with van der Waals surface area (Å²) in [6.07, 6.45) is 6.13. The van der Waals surface area contributed by atoms with Gasteiger partial charge in [-0.3, -0.25) is 4.79 Å². The Balaban J connectivity index is 1.55. The summed E-state index contributed by atoms with van der Waals surface area (Å²) in [5.41, 5.74) is 3.61. The Kier molecular flexibility index (Phi) is 5.55. The van der Waals surface area contributed by atoms with E-state index in [2.05, 4.69) is 32.9 Å². The highest BCUT2D eigenvalue weighted by Gasteiger charge is 2.21. The van der Waals surface area contributed by atoms with Gasteiger partial charge in [0.2, 0.25) is 0 Å². The lowest BCUT2D eigenvalue weighted by Gasteiger charge is -2.25. The highest BCUT2D eigenvalue weighted by Crippen LogP contribution is 2.27. The van der Waals surface area contributed by atoms with Crippen LogP contribution >= 0.6 is 11.6 Å². The minimum atomic E-state index is -0.129. The van der Waals surface area contributed by atoms with Gasteiger partial charge in [0.05, 0.1) is 6.20 Å². The van der Waals surface area contributed by atoms with Gasteiger partial charge in [0, 0.05) is 46.1 Å². The van der Waals surface area contributed by atoms with Crippen molar-refractivity contribution in [1.29, 1.82) is 0 Å². The molecule has 0 aliphatic carbocycles. The van der Waals surface area contributed by atoms with Crippen LogP contribution in [0.15, 0.2) is 54.4 Å². The highest BCUT2D eigenvalue weighted by molar-refractivity contribution is 6.30. The molecular weight excluding hydrogens is 426 g/mol. The second-order valence-electron chi connectivity index (χ2n) is 8.07. The number of allylic oxidation sites excluding steroid dienone is 1. The molecule has 0 spiro atoms. The lowest BCUT2D eigenvalue weighted by Crippen LogP contribution is -2.35. The number of hydrogen-bond donors (Lipinski definition) is 4. The highest BCUT2D eigenvalue weighted by atomic mass is 35.5. The predicted octanol–water partition coefficient (Wildman–Crippen LogP) is 3.71. The zero-order chi connectivity index (χ0) is 22.1. The number of rotatable bonds is 5. The van der Waals surface area contributed by atoms with Crippen LogP contribution in [0.1, 0.15) is 24.8 Å². The summed E-state index contributed by atoms with van der Waals surface area (Å²) >= 11 is 6.15. The van der Waals surface area contributed by atoms with Crippen molar-refractivity contribution in [2.24, 2.45) is 0 Å². The van der Waals surface area contributed by atoms with Crippen LogP contribution in [0.2, 0.25) is 5.02 Å². The number of halogens is 1. The molecule has 1 amide bonds. The molecule has 2 aliphatic heterocycles. The zero-order valence-electron chi connectivity index (χ0n) is 17.5. The number of aromatic nitrogens is 3. The summed E-state index contributed by atoms with van der Waals surface area (Å²) in [6, 6.07) is 9.79. The Hall–Kier alpha value is -3.36. The van der Waals surface area contributed by atoms with Gasteiger partial charge < -0.3 is 21.3 Å². The third-order valence-electron chi connectivity index (χ3n) is 5.60. The van der Waals surface area contributed by atoms with Gasteiger partial charge in [-0.2, -0.15) is 9.61 Å². The molecule has 2 fully saturated rings. The maximum absolute atomic E-state index is 12.2. The van der Waals surface area contributed by atoms with Gasteiger partial charge in [0.1, 0.15) is 11.6 Å². The van der Waals surface area contributed by atoms with Gasteiger partial charge in [-0.1, -0.05) is 24.2 Å². The summed E-state index contributed by atoms with van der Waals surface area (Å²) in [5.74, 6) is 1.38. The fourth-order valence-corrected chi connectivity index (χ4v) is 4.23. The van der Waals surface area contributed by atoms with E-state index in [0.29, 0.717) is 40.2 Å². The second kappa shape index (κ2) is 8.64. The molecule has 32 heavy (non-hydrogen) atoms. The maximum Gasteiger partial charge on any atom is 0.251 e. The topological polar surface area (TPSA) is 95.4 Å². The lowest BCUT2D eigenvalue weighted by molar-refractivity contribution is -0.115. The molecule has 0 bridgehead atoms. The van der Waals surface area contributed by atoms with Gasteiger partial charge in [-0.15, -0.1) is 0 Å². The van der Waals surface area contributed by atoms with Crippen LogP contribution in [0.25, 0.3) is 11.7 Å². The van der Waals surface area contributed by atoms with Gasteiger partial charge in [-0.25, -0.2) is 4.98 Å². The van der Waals surface area contributed by atoms with E-state index >= 15 is 0 Å². The molecule has 4 heterocycles. The summed E-state index contributed by atoms with van der Waals surface area (Å²) < 4.78 is 1.79. The molecule has 164 valence electrons. The van der Waals surface area contributed by atoms with Crippen molar-refractivity contribution < 1.29 is 4.79 Å². The smallest absolute Gasteiger partial charge is 0.251 e. The van der Waals surface area contributed by atoms with Gasteiger partial charge in [0.15, 0.2) is 5.65 Å². The number of amides is 1. The second-order valence-corrected chi connectivity index (χ2v) is 8.51. The zero-order valence-corrected chi connectivity index (χ0v) is 18.2. The molecular formula is C23H24ClN7O. The number of carbonyl (C=O) groups excluding carboxylic acids is 1. The Labute approximate surface area is 190 Å². The molecule has 2 saturated heterocycles. The number of fused-ring (bicyclic) bond motifs is 1. The van der Waals surface area contributed by atoms with E-state index in [0.717, 1.165) is 43.0 Å². The van der Waals surface area contributed by atoms with Crippen LogP contribution in [0.5, 0.6) is 0 Å². The number of carbonyl (C=O) groups is 1. The van der Waals surface area contributed by atoms with E-state index in [9.17, 15) is 4.79 Å². The number of benzene rings is 1. The molecule has 9 heteroatoms. The molecule has 2 aromatic heterocycles. The van der Waals surface area contributed by atoms with Crippen LogP contribution in [-0.4, -0.2) is 39.6 Å². The van der Waals surface area contributed by atoms with E-state index in [4.69, 9.17) is 16.6 Å². The molecule has 0 unspecified atom stereocenters. The van der Waals surface area contributed by atoms with Crippen LogP contribution in [0, 0.1) is 0 Å². The summed E-state index contributed by atoms with van der Waals surface area (Å²) in [6.45, 7) is 5.81. The van der Waals surface area contributed by atoms with Crippen molar-refractivity contribution in [3.8, 4) is 0 Å². The van der Waals surface area contributed by atoms with Crippen molar-refractivity contribution in [2.75, 3.05) is 23.7 Å². The summed E-state index contributed by atoms with van der Waals surface area (Å²) in [7, 11) is 0. The minimum Gasteiger partial charge on any atom is -0.367 e. The standard InChI is InChI=1S/C23H24ClN7O/c1-14-9-15(23(32)27-14)10-16-13-26-31-21(29-18-5-7-25-8-6-18)12-20(30-22(16)31)28-19-4-2-3-17(24)11-19/h2-4,10-13,18,25,29H,1,5-9H2,(H,27,32)(H,28,30)/b15-10+. The normalized spacial score (nSPS) is 18.3. The van der Waals surface area contributed by atoms with Crippen molar-refractivity contribution in [3.05, 3.63) is 65.0 Å². The first-order valence-electron chi connectivity index (χ1n) is 10.6. The Bertz CT molecular complexity index is 1230. The molecule has 8 nitrogen and oxygen atoms in total. The number of anilines is 3. The Morgan fingerprint density at radius 2 is 2.09 bits per heavy atom. The average Bonchev–Trinajstić information content (AvgIpc) is 3.31. The fourth-order valence-electron chi connectivity index (χ4n) is 4.04. The molecule has 3 aromatic rings. The number of nitrogens with zero attached hydrogens (tertiary/aromatic N) is 3. The van der Waals surface area contributed by atoms with E-state index in [-0.39, 0.29) is 5.91 Å². The summed E-state index contributed by atoms with van der Waals surface area (Å²) in [4.78, 5) is 17.0. The van der Waals surface area contributed by atoms with E-state index in [1.54, 1.807) is 10.7 Å². The predicted molar refractivity (Wildman–Crippen MR) is 127 cm³/mol. The van der Waals surface area contributed by atoms with Crippen molar-refractivity contribution >= 4 is 46.6 Å². The molecule has 2 aliphatic rings. The molecule has 4 N–H and O–H groups in total. The van der Waals surface area contributed by atoms with E-state index in [1.165, 1.54) is 0 Å². The molecule has 1 aromatic carbocycles. The number of nitrogens with one attached hydrogen (secondary N) is 4. The monoisotopic (exact) mass is 449 g/mol. The fraction of sp³-hybridized carbons (Fsp3) is 0.261. The van der Waals surface area contributed by atoms with Gasteiger partial charge in [0.25, 0.3) is 5.91 Å². The first-order chi connectivity index (χ1) is 15.5. The Morgan fingerprint density at radius 3 is 2.84 bits per heavy atom. The lowest BCUT2D eigenvalue weighted by atomic mass is 10.1. The molecule has 0 radical (unpaired) electrons. The maximum atomic E-state index is 12.2. The van der Waals surface area contributed by atoms with Gasteiger partial charge in [-0.05, 0) is 50.2 Å². The third kappa shape index (κ3) is 4.32. The van der Waals surface area contributed by atoms with Crippen molar-refractivity contribution in [3.63, 3.8) is 0 Å². The molecule has 0 atom stereocenters. The van der Waals surface area contributed by atoms with Crippen molar-refractivity contribution in [1.82, 2.24) is 25.2 Å². The Morgan fingerprint density at radius 1 is 1.25 bits per heavy atom. The first-order valence-corrected chi connectivity index (χ1v) is 11.0. The van der Waals surface area contributed by atoms with Crippen LogP contribution in [-0.2, 0) is 4.79 Å². The van der Waals surface area contributed by atoms with E-state index in [1.807, 2.05) is 36.4 Å². The van der Waals surface area contributed by atoms with Crippen LogP contribution in [0.3, 0.4) is 0 Å². The molecule has 5 rings (SSSR count). The third-order valence-corrected chi connectivity index (χ3v) is 5.84. The van der Waals surface area contributed by atoms with Crippen LogP contribution < -0.4 is 21.3 Å². The first kappa shape index (κ1) is 20.5. The summed E-state index contributed by atoms with van der Waals surface area (Å²) in [5, 5.41) is 18.3. The SMILES string of the molecule is C=C1C/C(=C\c2cnn3c(NC4CCNCC4)cc(Nc4cccc(Cl)c4)nc23)C(=O)N1.